The third-order valence-electron chi connectivity index (χ3n) is 2.39. The van der Waals surface area contributed by atoms with Crippen molar-refractivity contribution in [1.82, 2.24) is 15.0 Å². The SMILES string of the molecule is CC(C)CCCNc1nc(NN)nc(N(C)C)n1. The molecule has 7 nitrogen and oxygen atoms in total. The van der Waals surface area contributed by atoms with Gasteiger partial charge in [0.15, 0.2) is 0 Å². The minimum Gasteiger partial charge on any atom is -0.354 e. The van der Waals surface area contributed by atoms with Crippen LogP contribution in [0.3, 0.4) is 0 Å². The van der Waals surface area contributed by atoms with Crippen molar-refractivity contribution in [2.45, 2.75) is 26.7 Å². The summed E-state index contributed by atoms with van der Waals surface area (Å²) in [5.41, 5.74) is 2.44. The zero-order valence-electron chi connectivity index (χ0n) is 11.6. The van der Waals surface area contributed by atoms with E-state index in [1.165, 1.54) is 6.42 Å². The Kier molecular flexibility index (Phi) is 5.57. The summed E-state index contributed by atoms with van der Waals surface area (Å²) in [7, 11) is 3.75. The van der Waals surface area contributed by atoms with Crippen LogP contribution in [0.15, 0.2) is 0 Å². The summed E-state index contributed by atoms with van der Waals surface area (Å²) in [6.45, 7) is 5.27. The zero-order valence-corrected chi connectivity index (χ0v) is 11.6. The predicted octanol–water partition coefficient (Wildman–Crippen LogP) is 1.07. The molecule has 0 aliphatic carbocycles. The van der Waals surface area contributed by atoms with Gasteiger partial charge < -0.3 is 10.2 Å². The number of hydrogen-bond acceptors (Lipinski definition) is 7. The van der Waals surface area contributed by atoms with Gasteiger partial charge >= 0.3 is 0 Å². The van der Waals surface area contributed by atoms with E-state index < -0.39 is 0 Å². The molecule has 4 N–H and O–H groups in total. The fraction of sp³-hybridized carbons (Fsp3) is 0.727. The van der Waals surface area contributed by atoms with E-state index in [1.54, 1.807) is 0 Å². The van der Waals surface area contributed by atoms with Crippen molar-refractivity contribution in [2.75, 3.05) is 36.3 Å². The Labute approximate surface area is 108 Å². The lowest BCUT2D eigenvalue weighted by molar-refractivity contribution is 0.566. The highest BCUT2D eigenvalue weighted by atomic mass is 15.4. The van der Waals surface area contributed by atoms with E-state index >= 15 is 0 Å². The molecule has 0 saturated carbocycles. The minimum absolute atomic E-state index is 0.361. The average molecular weight is 253 g/mol. The first-order chi connectivity index (χ1) is 8.52. The van der Waals surface area contributed by atoms with Crippen molar-refractivity contribution in [3.8, 4) is 0 Å². The summed E-state index contributed by atoms with van der Waals surface area (Å²) < 4.78 is 0. The van der Waals surface area contributed by atoms with Crippen LogP contribution in [-0.4, -0.2) is 35.6 Å². The third kappa shape index (κ3) is 4.70. The van der Waals surface area contributed by atoms with E-state index in [0.29, 0.717) is 23.8 Å². The van der Waals surface area contributed by atoms with Crippen LogP contribution in [-0.2, 0) is 0 Å². The second-order valence-corrected chi connectivity index (χ2v) is 4.78. The molecule has 0 amide bonds. The molecule has 0 aromatic carbocycles. The van der Waals surface area contributed by atoms with Crippen LogP contribution in [0.1, 0.15) is 26.7 Å². The fourth-order valence-electron chi connectivity index (χ4n) is 1.42. The molecular formula is C11H23N7. The number of nitrogens with zero attached hydrogens (tertiary/aromatic N) is 4. The topological polar surface area (TPSA) is 92.0 Å². The molecule has 0 aliphatic rings. The monoisotopic (exact) mass is 253 g/mol. The van der Waals surface area contributed by atoms with E-state index in [1.807, 2.05) is 19.0 Å². The molecule has 0 unspecified atom stereocenters. The fourth-order valence-corrected chi connectivity index (χ4v) is 1.42. The molecule has 0 spiro atoms. The van der Waals surface area contributed by atoms with Crippen LogP contribution in [0.25, 0.3) is 0 Å². The van der Waals surface area contributed by atoms with Gasteiger partial charge in [-0.05, 0) is 18.8 Å². The van der Waals surface area contributed by atoms with Gasteiger partial charge in [-0.25, -0.2) is 5.84 Å². The van der Waals surface area contributed by atoms with Crippen molar-refractivity contribution in [3.05, 3.63) is 0 Å². The first kappa shape index (κ1) is 14.4. The summed E-state index contributed by atoms with van der Waals surface area (Å²) in [5, 5.41) is 3.19. The maximum absolute atomic E-state index is 5.33. The lowest BCUT2D eigenvalue weighted by Crippen LogP contribution is -2.19. The maximum Gasteiger partial charge on any atom is 0.243 e. The van der Waals surface area contributed by atoms with Crippen molar-refractivity contribution in [1.29, 1.82) is 0 Å². The molecule has 1 aromatic rings. The number of hydrazine groups is 1. The lowest BCUT2D eigenvalue weighted by atomic mass is 10.1. The Morgan fingerprint density at radius 2 is 1.83 bits per heavy atom. The van der Waals surface area contributed by atoms with Crippen molar-refractivity contribution in [3.63, 3.8) is 0 Å². The Hall–Kier alpha value is -1.63. The van der Waals surface area contributed by atoms with Crippen LogP contribution in [0.2, 0.25) is 0 Å². The van der Waals surface area contributed by atoms with E-state index in [9.17, 15) is 0 Å². The highest BCUT2D eigenvalue weighted by molar-refractivity contribution is 5.42. The summed E-state index contributed by atoms with van der Waals surface area (Å²) in [4.78, 5) is 14.4. The molecule has 0 fully saturated rings. The average Bonchev–Trinajstić information content (AvgIpc) is 2.34. The highest BCUT2D eigenvalue weighted by Gasteiger charge is 2.06. The smallest absolute Gasteiger partial charge is 0.243 e. The largest absolute Gasteiger partial charge is 0.354 e. The quantitative estimate of drug-likeness (QED) is 0.380. The molecule has 7 heteroatoms. The molecule has 0 aliphatic heterocycles. The number of hydrogen-bond donors (Lipinski definition) is 3. The standard InChI is InChI=1S/C11H23N7/c1-8(2)6-5-7-13-9-14-10(17-12)16-11(15-9)18(3)4/h8H,5-7,12H2,1-4H3,(H2,13,14,15,16,17). The van der Waals surface area contributed by atoms with Crippen molar-refractivity contribution < 1.29 is 0 Å². The number of nitrogens with two attached hydrogens (primary N) is 1. The molecule has 1 aromatic heterocycles. The summed E-state index contributed by atoms with van der Waals surface area (Å²) in [6.07, 6.45) is 2.27. The number of nitrogen functional groups attached to an aromatic ring is 1. The van der Waals surface area contributed by atoms with Gasteiger partial charge in [0.2, 0.25) is 17.8 Å². The maximum atomic E-state index is 5.33. The first-order valence-corrected chi connectivity index (χ1v) is 6.16. The molecule has 18 heavy (non-hydrogen) atoms. The third-order valence-corrected chi connectivity index (χ3v) is 2.39. The predicted molar refractivity (Wildman–Crippen MR) is 74.5 cm³/mol. The van der Waals surface area contributed by atoms with Crippen molar-refractivity contribution >= 4 is 17.8 Å². The molecule has 1 heterocycles. The second kappa shape index (κ2) is 6.95. The summed E-state index contributed by atoms with van der Waals surface area (Å²) in [5.74, 6) is 7.53. The number of aromatic nitrogens is 3. The van der Waals surface area contributed by atoms with Crippen LogP contribution in [0, 0.1) is 5.92 Å². The van der Waals surface area contributed by atoms with Crippen LogP contribution < -0.4 is 21.5 Å². The molecule has 0 saturated heterocycles. The summed E-state index contributed by atoms with van der Waals surface area (Å²) >= 11 is 0. The summed E-state index contributed by atoms with van der Waals surface area (Å²) in [6, 6.07) is 0. The van der Waals surface area contributed by atoms with Gasteiger partial charge in [0.1, 0.15) is 0 Å². The molecule has 0 bridgehead atoms. The van der Waals surface area contributed by atoms with E-state index in [-0.39, 0.29) is 0 Å². The highest BCUT2D eigenvalue weighted by Crippen LogP contribution is 2.11. The second-order valence-electron chi connectivity index (χ2n) is 4.78. The van der Waals surface area contributed by atoms with E-state index in [2.05, 4.69) is 39.5 Å². The van der Waals surface area contributed by atoms with Crippen LogP contribution >= 0.6 is 0 Å². The van der Waals surface area contributed by atoms with Gasteiger partial charge in [0, 0.05) is 20.6 Å². The molecule has 0 radical (unpaired) electrons. The van der Waals surface area contributed by atoms with Crippen molar-refractivity contribution in [2.24, 2.45) is 11.8 Å². The van der Waals surface area contributed by atoms with Gasteiger partial charge in [-0.2, -0.15) is 15.0 Å². The molecular weight excluding hydrogens is 230 g/mol. The normalized spacial score (nSPS) is 10.6. The van der Waals surface area contributed by atoms with Crippen LogP contribution in [0.5, 0.6) is 0 Å². The zero-order chi connectivity index (χ0) is 13.5. The minimum atomic E-state index is 0.361. The van der Waals surface area contributed by atoms with Crippen LogP contribution in [0.4, 0.5) is 17.8 Å². The van der Waals surface area contributed by atoms with Gasteiger partial charge in [-0.3, -0.25) is 5.43 Å². The molecule has 102 valence electrons. The Bertz CT molecular complexity index is 364. The van der Waals surface area contributed by atoms with E-state index in [0.717, 1.165) is 13.0 Å². The van der Waals surface area contributed by atoms with Gasteiger partial charge in [-0.1, -0.05) is 13.8 Å². The number of rotatable bonds is 7. The lowest BCUT2D eigenvalue weighted by Gasteiger charge is -2.13. The van der Waals surface area contributed by atoms with E-state index in [4.69, 9.17) is 5.84 Å². The number of anilines is 3. The molecule has 0 atom stereocenters. The number of nitrogens with one attached hydrogen (secondary N) is 2. The Morgan fingerprint density at radius 1 is 1.17 bits per heavy atom. The molecule has 1 rings (SSSR count). The van der Waals surface area contributed by atoms with Gasteiger partial charge in [-0.15, -0.1) is 0 Å². The Morgan fingerprint density at radius 3 is 2.39 bits per heavy atom. The van der Waals surface area contributed by atoms with Gasteiger partial charge in [0.05, 0.1) is 0 Å². The first-order valence-electron chi connectivity index (χ1n) is 6.16. The Balaban J connectivity index is 2.61. The van der Waals surface area contributed by atoms with Gasteiger partial charge in [0.25, 0.3) is 0 Å².